The molecule has 0 amide bonds. The van der Waals surface area contributed by atoms with E-state index >= 15 is 0 Å². The normalized spacial score (nSPS) is 11.1. The Balaban J connectivity index is 2.89. The monoisotopic (exact) mass is 247 g/mol. The summed E-state index contributed by atoms with van der Waals surface area (Å²) in [5, 5.41) is 14.1. The minimum absolute atomic E-state index is 0.514. The average Bonchev–Trinajstić information content (AvgIpc) is 2.39. The Morgan fingerprint density at radius 1 is 1.35 bits per heavy atom. The molecule has 90 valence electrons. The summed E-state index contributed by atoms with van der Waals surface area (Å²) in [6.07, 6.45) is 1.79. The van der Waals surface area contributed by atoms with Crippen LogP contribution in [0.4, 0.5) is 5.69 Å². The van der Waals surface area contributed by atoms with Gasteiger partial charge >= 0.3 is 0 Å². The predicted octanol–water partition coefficient (Wildman–Crippen LogP) is 3.00. The number of anilines is 1. The van der Waals surface area contributed by atoms with E-state index in [1.807, 2.05) is 18.2 Å². The van der Waals surface area contributed by atoms with Gasteiger partial charge in [0.2, 0.25) is 0 Å². The minimum atomic E-state index is 0.514. The Morgan fingerprint density at radius 3 is 2.35 bits per heavy atom. The molecule has 2 N–H and O–H groups in total. The fourth-order valence-electron chi connectivity index (χ4n) is 1.61. The van der Waals surface area contributed by atoms with Gasteiger partial charge in [-0.1, -0.05) is 12.1 Å². The molecule has 0 radical (unpaired) electrons. The number of nitrogens with two attached hydrogens (primary N) is 1. The van der Waals surface area contributed by atoms with Crippen LogP contribution in [-0.2, 0) is 0 Å². The maximum absolute atomic E-state index is 8.78. The van der Waals surface area contributed by atoms with Crippen molar-refractivity contribution in [3.05, 3.63) is 34.7 Å². The Kier molecular flexibility index (Phi) is 5.61. The van der Waals surface area contributed by atoms with E-state index in [1.165, 1.54) is 5.69 Å². The lowest BCUT2D eigenvalue weighted by molar-refractivity contribution is 0.866. The highest BCUT2D eigenvalue weighted by Crippen LogP contribution is 2.18. The first kappa shape index (κ1) is 13.6. The molecule has 0 aliphatic rings. The third-order valence-electron chi connectivity index (χ3n) is 2.56. The smallest absolute Gasteiger partial charge is 0.107 e. The first-order valence-corrected chi connectivity index (χ1v) is 6.46. The summed E-state index contributed by atoms with van der Waals surface area (Å²) < 4.78 is 0. The average molecular weight is 247 g/mol. The molecule has 0 aromatic heterocycles. The summed E-state index contributed by atoms with van der Waals surface area (Å²) in [5.41, 5.74) is 2.20. The fourth-order valence-corrected chi connectivity index (χ4v) is 1.87. The second-order valence-electron chi connectivity index (χ2n) is 3.50. The topological polar surface area (TPSA) is 53.0 Å². The first-order chi connectivity index (χ1) is 8.24. The van der Waals surface area contributed by atoms with E-state index in [0.29, 0.717) is 4.91 Å². The van der Waals surface area contributed by atoms with Crippen molar-refractivity contribution in [2.24, 2.45) is 5.14 Å². The summed E-state index contributed by atoms with van der Waals surface area (Å²) in [7, 11) is 0. The van der Waals surface area contributed by atoms with Crippen LogP contribution in [0.5, 0.6) is 0 Å². The lowest BCUT2D eigenvalue weighted by atomic mass is 10.2. The van der Waals surface area contributed by atoms with Crippen LogP contribution in [-0.4, -0.2) is 13.1 Å². The van der Waals surface area contributed by atoms with Gasteiger partial charge in [0, 0.05) is 18.8 Å². The van der Waals surface area contributed by atoms with Crippen LogP contribution in [0.15, 0.2) is 29.2 Å². The lowest BCUT2D eigenvalue weighted by Gasteiger charge is -2.20. The van der Waals surface area contributed by atoms with Crippen LogP contribution in [0.2, 0.25) is 0 Å². The van der Waals surface area contributed by atoms with Crippen molar-refractivity contribution in [2.45, 2.75) is 13.8 Å². The van der Waals surface area contributed by atoms with Crippen molar-refractivity contribution in [3.8, 4) is 6.07 Å². The summed E-state index contributed by atoms with van der Waals surface area (Å²) in [6, 6.07) is 10.2. The lowest BCUT2D eigenvalue weighted by Crippen LogP contribution is -2.21. The molecule has 1 rings (SSSR count). The molecule has 0 atom stereocenters. The predicted molar refractivity (Wildman–Crippen MR) is 75.4 cm³/mol. The maximum atomic E-state index is 8.78. The first-order valence-electron chi connectivity index (χ1n) is 5.58. The van der Waals surface area contributed by atoms with E-state index in [-0.39, 0.29) is 0 Å². The van der Waals surface area contributed by atoms with Crippen molar-refractivity contribution in [1.82, 2.24) is 0 Å². The van der Waals surface area contributed by atoms with Gasteiger partial charge in [-0.25, -0.2) is 0 Å². The Labute approximate surface area is 107 Å². The van der Waals surface area contributed by atoms with Crippen molar-refractivity contribution in [1.29, 1.82) is 5.26 Å². The zero-order chi connectivity index (χ0) is 12.7. The highest BCUT2D eigenvalue weighted by molar-refractivity contribution is 8.01. The molecule has 1 aromatic rings. The molecule has 0 spiro atoms. The van der Waals surface area contributed by atoms with E-state index in [1.54, 1.807) is 6.08 Å². The molecule has 1 aromatic carbocycles. The number of benzene rings is 1. The summed E-state index contributed by atoms with van der Waals surface area (Å²) in [5.74, 6) is 0. The van der Waals surface area contributed by atoms with Gasteiger partial charge in [0.15, 0.2) is 0 Å². The molecular weight excluding hydrogens is 230 g/mol. The van der Waals surface area contributed by atoms with Crippen LogP contribution in [0.25, 0.3) is 6.08 Å². The Bertz CT molecular complexity index is 413. The van der Waals surface area contributed by atoms with E-state index < -0.39 is 0 Å². The number of hydrogen-bond acceptors (Lipinski definition) is 4. The molecule has 4 heteroatoms. The van der Waals surface area contributed by atoms with Gasteiger partial charge in [-0.2, -0.15) is 5.26 Å². The molecule has 0 aliphatic carbocycles. The van der Waals surface area contributed by atoms with Gasteiger partial charge in [-0.15, -0.1) is 0 Å². The molecule has 0 saturated heterocycles. The largest absolute Gasteiger partial charge is 0.372 e. The molecule has 0 bridgehead atoms. The van der Waals surface area contributed by atoms with Crippen LogP contribution in [0.3, 0.4) is 0 Å². The van der Waals surface area contributed by atoms with Crippen LogP contribution < -0.4 is 10.0 Å². The quantitative estimate of drug-likeness (QED) is 0.642. The minimum Gasteiger partial charge on any atom is -0.372 e. The maximum Gasteiger partial charge on any atom is 0.107 e. The molecule has 17 heavy (non-hydrogen) atoms. The summed E-state index contributed by atoms with van der Waals surface area (Å²) in [4.78, 5) is 2.79. The fraction of sp³-hybridized carbons (Fsp3) is 0.308. The molecule has 0 aliphatic heterocycles. The van der Waals surface area contributed by atoms with Gasteiger partial charge in [0.1, 0.15) is 11.0 Å². The van der Waals surface area contributed by atoms with Crippen molar-refractivity contribution in [2.75, 3.05) is 18.0 Å². The van der Waals surface area contributed by atoms with E-state index in [9.17, 15) is 0 Å². The number of nitriles is 1. The zero-order valence-electron chi connectivity index (χ0n) is 10.2. The highest BCUT2D eigenvalue weighted by atomic mass is 32.2. The van der Waals surface area contributed by atoms with Crippen molar-refractivity contribution < 1.29 is 0 Å². The molecule has 0 unspecified atom stereocenters. The highest BCUT2D eigenvalue weighted by Gasteiger charge is 2.01. The van der Waals surface area contributed by atoms with Crippen LogP contribution in [0, 0.1) is 11.3 Å². The van der Waals surface area contributed by atoms with Gasteiger partial charge < -0.3 is 4.90 Å². The Hall–Kier alpha value is -1.44. The van der Waals surface area contributed by atoms with E-state index in [4.69, 9.17) is 10.4 Å². The molecular formula is C13H17N3S. The van der Waals surface area contributed by atoms with Gasteiger partial charge in [-0.3, -0.25) is 5.14 Å². The van der Waals surface area contributed by atoms with Crippen molar-refractivity contribution in [3.63, 3.8) is 0 Å². The van der Waals surface area contributed by atoms with Gasteiger partial charge in [0.25, 0.3) is 0 Å². The summed E-state index contributed by atoms with van der Waals surface area (Å²) >= 11 is 0.974. The van der Waals surface area contributed by atoms with Crippen LogP contribution >= 0.6 is 11.9 Å². The summed E-state index contributed by atoms with van der Waals surface area (Å²) in [6.45, 7) is 6.26. The van der Waals surface area contributed by atoms with Crippen LogP contribution in [0.1, 0.15) is 19.4 Å². The van der Waals surface area contributed by atoms with Gasteiger partial charge in [-0.05, 0) is 49.6 Å². The number of hydrogen-bond donors (Lipinski definition) is 1. The van der Waals surface area contributed by atoms with Gasteiger partial charge in [0.05, 0.1) is 0 Å². The third-order valence-corrected chi connectivity index (χ3v) is 3.02. The van der Waals surface area contributed by atoms with E-state index in [0.717, 1.165) is 30.6 Å². The van der Waals surface area contributed by atoms with E-state index in [2.05, 4.69) is 30.9 Å². The molecule has 0 fully saturated rings. The third kappa shape index (κ3) is 3.81. The Morgan fingerprint density at radius 2 is 1.94 bits per heavy atom. The zero-order valence-corrected chi connectivity index (χ0v) is 11.0. The second kappa shape index (κ2) is 7.00. The molecule has 3 nitrogen and oxygen atoms in total. The number of allylic oxidation sites excluding steroid dienone is 1. The second-order valence-corrected chi connectivity index (χ2v) is 4.18. The molecule has 0 saturated carbocycles. The number of nitrogens with zero attached hydrogens (tertiary/aromatic N) is 2. The standard InChI is InChI=1S/C13H17N3S/c1-3-16(4-2)12-7-5-11(6-8-12)9-13(10-14)17-15/h5-9H,3-4,15H2,1-2H3/b13-9+. The SMILES string of the molecule is CCN(CC)c1ccc(/C=C(\C#N)SN)cc1. The van der Waals surface area contributed by atoms with Crippen molar-refractivity contribution >= 4 is 23.7 Å². The number of rotatable bonds is 5. The molecule has 0 heterocycles.